The van der Waals surface area contributed by atoms with E-state index in [2.05, 4.69) is 0 Å². The largest absolute Gasteiger partial charge is 0.481 e. The van der Waals surface area contributed by atoms with E-state index in [1.807, 2.05) is 0 Å². The average Bonchev–Trinajstić information content (AvgIpc) is 2.03. The van der Waals surface area contributed by atoms with E-state index in [9.17, 15) is 10.1 Å². The lowest BCUT2D eigenvalue weighted by Gasteiger charge is -1.92. The van der Waals surface area contributed by atoms with Crippen molar-refractivity contribution in [2.75, 3.05) is 5.73 Å². The van der Waals surface area contributed by atoms with Crippen LogP contribution in [0.5, 0.6) is 0 Å². The molecule has 0 saturated carbocycles. The molecule has 14 heavy (non-hydrogen) atoms. The number of nitrogens with zero attached hydrogens (tertiary/aromatic N) is 1. The van der Waals surface area contributed by atoms with E-state index in [1.54, 1.807) is 12.1 Å². The molecular formula is C8H10N2O4. The van der Waals surface area contributed by atoms with Crippen LogP contribution in [0.25, 0.3) is 0 Å². The number of nitrogen functional groups attached to an aromatic ring is 1. The summed E-state index contributed by atoms with van der Waals surface area (Å²) in [5, 5.41) is 17.6. The summed E-state index contributed by atoms with van der Waals surface area (Å²) in [6.07, 6.45) is 0. The van der Waals surface area contributed by atoms with Crippen LogP contribution in [0.1, 0.15) is 6.92 Å². The van der Waals surface area contributed by atoms with Crippen molar-refractivity contribution in [3.05, 3.63) is 34.4 Å². The third kappa shape index (κ3) is 4.70. The van der Waals surface area contributed by atoms with Crippen molar-refractivity contribution >= 4 is 17.3 Å². The summed E-state index contributed by atoms with van der Waals surface area (Å²) in [7, 11) is 0. The maximum Gasteiger partial charge on any atom is 0.300 e. The minimum absolute atomic E-state index is 0.0394. The Morgan fingerprint density at radius 2 is 1.93 bits per heavy atom. The van der Waals surface area contributed by atoms with Gasteiger partial charge in [0.05, 0.1) is 4.92 Å². The van der Waals surface area contributed by atoms with Gasteiger partial charge in [-0.25, -0.2) is 0 Å². The molecule has 0 spiro atoms. The molecule has 1 aromatic rings. The van der Waals surface area contributed by atoms with Crippen molar-refractivity contribution in [1.29, 1.82) is 0 Å². The van der Waals surface area contributed by atoms with Gasteiger partial charge in [0.2, 0.25) is 0 Å². The monoisotopic (exact) mass is 198 g/mol. The Morgan fingerprint density at radius 3 is 2.21 bits per heavy atom. The van der Waals surface area contributed by atoms with Gasteiger partial charge in [-0.1, -0.05) is 12.1 Å². The Morgan fingerprint density at radius 1 is 1.50 bits per heavy atom. The van der Waals surface area contributed by atoms with Crippen molar-refractivity contribution in [3.63, 3.8) is 0 Å². The molecule has 0 radical (unpaired) electrons. The van der Waals surface area contributed by atoms with Gasteiger partial charge in [-0.15, -0.1) is 0 Å². The molecule has 76 valence electrons. The van der Waals surface area contributed by atoms with Crippen LogP contribution in [-0.2, 0) is 4.79 Å². The highest BCUT2D eigenvalue weighted by atomic mass is 16.6. The van der Waals surface area contributed by atoms with E-state index >= 15 is 0 Å². The molecule has 0 bridgehead atoms. The zero-order valence-electron chi connectivity index (χ0n) is 7.51. The van der Waals surface area contributed by atoms with Crippen molar-refractivity contribution in [1.82, 2.24) is 0 Å². The lowest BCUT2D eigenvalue weighted by Crippen LogP contribution is -1.93. The second kappa shape index (κ2) is 5.52. The quantitative estimate of drug-likeness (QED) is 0.401. The van der Waals surface area contributed by atoms with E-state index < -0.39 is 10.9 Å². The lowest BCUT2D eigenvalue weighted by molar-refractivity contribution is -0.383. The SMILES string of the molecule is CC(=O)O.Nc1ccccc1[N+](=O)[O-]. The predicted molar refractivity (Wildman–Crippen MR) is 50.8 cm³/mol. The highest BCUT2D eigenvalue weighted by Crippen LogP contribution is 2.18. The zero-order chi connectivity index (χ0) is 11.1. The molecule has 0 aliphatic carbocycles. The van der Waals surface area contributed by atoms with Gasteiger partial charge in [-0.3, -0.25) is 14.9 Å². The van der Waals surface area contributed by atoms with Gasteiger partial charge in [0.15, 0.2) is 0 Å². The first-order valence-electron chi connectivity index (χ1n) is 3.63. The van der Waals surface area contributed by atoms with Crippen LogP contribution in [0.3, 0.4) is 0 Å². The molecule has 0 atom stereocenters. The van der Waals surface area contributed by atoms with Gasteiger partial charge in [0, 0.05) is 13.0 Å². The highest BCUT2D eigenvalue weighted by Gasteiger charge is 2.07. The van der Waals surface area contributed by atoms with Crippen LogP contribution in [0.4, 0.5) is 11.4 Å². The number of rotatable bonds is 1. The molecule has 6 nitrogen and oxygen atoms in total. The molecule has 0 amide bonds. The zero-order valence-corrected chi connectivity index (χ0v) is 7.51. The minimum atomic E-state index is -0.833. The molecule has 0 saturated heterocycles. The van der Waals surface area contributed by atoms with E-state index in [0.717, 1.165) is 6.92 Å². The number of aliphatic carboxylic acids is 1. The van der Waals surface area contributed by atoms with Gasteiger partial charge in [-0.05, 0) is 6.07 Å². The normalized spacial score (nSPS) is 8.36. The lowest BCUT2D eigenvalue weighted by atomic mass is 10.3. The van der Waals surface area contributed by atoms with Crippen LogP contribution in [0.15, 0.2) is 24.3 Å². The summed E-state index contributed by atoms with van der Waals surface area (Å²) in [5.41, 5.74) is 5.44. The summed E-state index contributed by atoms with van der Waals surface area (Å²) in [6.45, 7) is 1.08. The molecule has 1 rings (SSSR count). The van der Waals surface area contributed by atoms with E-state index in [1.165, 1.54) is 12.1 Å². The van der Waals surface area contributed by atoms with Crippen LogP contribution >= 0.6 is 0 Å². The number of para-hydroxylation sites is 2. The Labute approximate surface area is 80.1 Å². The fourth-order valence-electron chi connectivity index (χ4n) is 0.654. The van der Waals surface area contributed by atoms with E-state index in [-0.39, 0.29) is 11.4 Å². The number of nitrogens with two attached hydrogens (primary N) is 1. The number of carboxylic acids is 1. The maximum absolute atomic E-state index is 10.1. The van der Waals surface area contributed by atoms with Crippen molar-refractivity contribution < 1.29 is 14.8 Å². The molecule has 0 aromatic heterocycles. The summed E-state index contributed by atoms with van der Waals surface area (Å²) >= 11 is 0. The molecule has 0 heterocycles. The highest BCUT2D eigenvalue weighted by molar-refractivity contribution is 5.63. The average molecular weight is 198 g/mol. The Balaban J connectivity index is 0.000000364. The third-order valence-electron chi connectivity index (χ3n) is 1.13. The van der Waals surface area contributed by atoms with Crippen LogP contribution in [0.2, 0.25) is 0 Å². The van der Waals surface area contributed by atoms with Gasteiger partial charge in [0.1, 0.15) is 5.69 Å². The molecule has 0 aliphatic rings. The Kier molecular flexibility index (Phi) is 4.69. The number of hydrogen-bond donors (Lipinski definition) is 2. The Hall–Kier alpha value is -2.11. The number of anilines is 1. The summed E-state index contributed by atoms with van der Waals surface area (Å²) < 4.78 is 0. The second-order valence-corrected chi connectivity index (χ2v) is 2.33. The summed E-state index contributed by atoms with van der Waals surface area (Å²) in [4.78, 5) is 18.6. The molecule has 3 N–H and O–H groups in total. The number of carbonyl (C=O) groups is 1. The number of hydrogen-bond acceptors (Lipinski definition) is 4. The first-order valence-corrected chi connectivity index (χ1v) is 3.63. The number of nitro benzene ring substituents is 1. The molecule has 0 unspecified atom stereocenters. The van der Waals surface area contributed by atoms with Crippen molar-refractivity contribution in [2.45, 2.75) is 6.92 Å². The van der Waals surface area contributed by atoms with Crippen LogP contribution < -0.4 is 5.73 Å². The first kappa shape index (κ1) is 11.9. The summed E-state index contributed by atoms with van der Waals surface area (Å²) in [5.74, 6) is -0.833. The van der Waals surface area contributed by atoms with Gasteiger partial charge in [-0.2, -0.15) is 0 Å². The van der Waals surface area contributed by atoms with Crippen LogP contribution in [-0.4, -0.2) is 16.0 Å². The smallest absolute Gasteiger partial charge is 0.300 e. The van der Waals surface area contributed by atoms with Crippen molar-refractivity contribution in [3.8, 4) is 0 Å². The number of carboxylic acid groups (broad SMARTS) is 1. The fraction of sp³-hybridized carbons (Fsp3) is 0.125. The van der Waals surface area contributed by atoms with Crippen molar-refractivity contribution in [2.24, 2.45) is 0 Å². The van der Waals surface area contributed by atoms with Crippen LogP contribution in [0, 0.1) is 10.1 Å². The molecule has 0 fully saturated rings. The molecular weight excluding hydrogens is 188 g/mol. The Bertz CT molecular complexity index is 334. The van der Waals surface area contributed by atoms with Gasteiger partial charge in [0.25, 0.3) is 11.7 Å². The van der Waals surface area contributed by atoms with Gasteiger partial charge < -0.3 is 10.8 Å². The standard InChI is InChI=1S/C6H6N2O2.C2H4O2/c7-5-3-1-2-4-6(5)8(9)10;1-2(3)4/h1-4H,7H2;1H3,(H,3,4). The summed E-state index contributed by atoms with van der Waals surface area (Å²) in [6, 6.07) is 6.10. The minimum Gasteiger partial charge on any atom is -0.481 e. The van der Waals surface area contributed by atoms with E-state index in [0.29, 0.717) is 0 Å². The molecule has 6 heteroatoms. The third-order valence-corrected chi connectivity index (χ3v) is 1.13. The number of nitro groups is 1. The number of benzene rings is 1. The fourth-order valence-corrected chi connectivity index (χ4v) is 0.654. The topological polar surface area (TPSA) is 106 Å². The first-order chi connectivity index (χ1) is 6.45. The van der Waals surface area contributed by atoms with E-state index in [4.69, 9.17) is 15.6 Å². The second-order valence-electron chi connectivity index (χ2n) is 2.33. The van der Waals surface area contributed by atoms with Gasteiger partial charge >= 0.3 is 0 Å². The predicted octanol–water partition coefficient (Wildman–Crippen LogP) is 1.27. The molecule has 0 aliphatic heterocycles. The molecule has 1 aromatic carbocycles. The maximum atomic E-state index is 10.1.